The lowest BCUT2D eigenvalue weighted by Gasteiger charge is -2.30. The van der Waals surface area contributed by atoms with Gasteiger partial charge >= 0.3 is 14.6 Å². The largest absolute Gasteiger partial charge is 0.472 e. The molecular formula is C21H25N11O11P2S. The van der Waals surface area contributed by atoms with Crippen molar-refractivity contribution in [2.75, 3.05) is 24.7 Å². The first kappa shape index (κ1) is 30.3. The molecule has 2 bridgehead atoms. The fourth-order valence-electron chi connectivity index (χ4n) is 6.68. The Morgan fingerprint density at radius 2 is 1.89 bits per heavy atom. The molecule has 8 N–H and O–H groups in total. The van der Waals surface area contributed by atoms with Crippen molar-refractivity contribution in [2.24, 2.45) is 11.3 Å². The van der Waals surface area contributed by atoms with E-state index < -0.39 is 87.5 Å². The molecule has 0 aromatic carbocycles. The van der Waals surface area contributed by atoms with Crippen LogP contribution in [0.15, 0.2) is 17.4 Å². The van der Waals surface area contributed by atoms with Crippen LogP contribution >= 0.6 is 26.9 Å². The molecule has 1 unspecified atom stereocenters. The molecule has 2 saturated heterocycles. The number of nitrogens with zero attached hydrogens (tertiary/aromatic N) is 8. The molecule has 4 aromatic rings. The predicted molar refractivity (Wildman–Crippen MR) is 154 cm³/mol. The van der Waals surface area contributed by atoms with E-state index in [1.54, 1.807) is 4.57 Å². The maximum atomic E-state index is 13.6. The summed E-state index contributed by atoms with van der Waals surface area (Å²) in [4.78, 5) is 41.9. The number of fused-ring (bicyclic) bond motifs is 4. The number of rotatable bonds is 2. The molecule has 11 atom stereocenters. The number of aliphatic hydroxyl groups is 2. The molecule has 1 spiro atoms. The van der Waals surface area contributed by atoms with E-state index in [0.29, 0.717) is 17.6 Å². The number of ether oxygens (including phenoxy) is 1. The number of imidazole rings is 1. The maximum absolute atomic E-state index is 13.6. The van der Waals surface area contributed by atoms with Crippen molar-refractivity contribution in [3.05, 3.63) is 23.0 Å². The van der Waals surface area contributed by atoms with Crippen molar-refractivity contribution in [3.8, 4) is 0 Å². The molecule has 2 aliphatic heterocycles. The van der Waals surface area contributed by atoms with E-state index >= 15 is 0 Å². The molecule has 4 aromatic heterocycles. The average Bonchev–Trinajstić information content (AvgIpc) is 3.26. The Balaban J connectivity index is 1.14. The number of thiol groups is 1. The van der Waals surface area contributed by atoms with Crippen LogP contribution in [0.3, 0.4) is 0 Å². The number of nitrogens with one attached hydrogen (secondary N) is 1. The second-order valence-corrected chi connectivity index (χ2v) is 15.7. The third kappa shape index (κ3) is 4.61. The van der Waals surface area contributed by atoms with Gasteiger partial charge in [-0.25, -0.2) is 24.1 Å². The summed E-state index contributed by atoms with van der Waals surface area (Å²) in [6, 6.07) is -0.762. The van der Waals surface area contributed by atoms with Crippen molar-refractivity contribution in [1.29, 1.82) is 0 Å². The smallest absolute Gasteiger partial charge is 0.388 e. The van der Waals surface area contributed by atoms with Gasteiger partial charge in [0.2, 0.25) is 5.95 Å². The van der Waals surface area contributed by atoms with E-state index in [4.69, 9.17) is 34.3 Å². The van der Waals surface area contributed by atoms with Gasteiger partial charge in [0, 0.05) is 5.41 Å². The summed E-state index contributed by atoms with van der Waals surface area (Å²) in [5.74, 6) is -0.612. The zero-order valence-corrected chi connectivity index (χ0v) is 25.8. The van der Waals surface area contributed by atoms with Gasteiger partial charge in [0.05, 0.1) is 25.6 Å². The number of anilines is 2. The van der Waals surface area contributed by atoms with Crippen molar-refractivity contribution in [3.63, 3.8) is 0 Å². The number of hydrogen-bond donors (Lipinski definition) is 7. The molecule has 2 saturated carbocycles. The number of phosphoric acid groups is 1. The van der Waals surface area contributed by atoms with E-state index in [-0.39, 0.29) is 22.9 Å². The van der Waals surface area contributed by atoms with Crippen LogP contribution in [0.1, 0.15) is 18.7 Å². The molecule has 8 rings (SSSR count). The third-order valence-corrected chi connectivity index (χ3v) is 11.4. The van der Waals surface area contributed by atoms with Gasteiger partial charge in [0.15, 0.2) is 28.9 Å². The van der Waals surface area contributed by atoms with Crippen LogP contribution < -0.4 is 17.0 Å². The van der Waals surface area contributed by atoms with Crippen LogP contribution in [-0.4, -0.2) is 103 Å². The highest BCUT2D eigenvalue weighted by Gasteiger charge is 2.74. The first-order valence-electron chi connectivity index (χ1n) is 13.7. The number of nitrogens with two attached hydrogens (primary N) is 2. The van der Waals surface area contributed by atoms with Crippen LogP contribution in [0.25, 0.3) is 22.3 Å². The highest BCUT2D eigenvalue weighted by atomic mass is 32.7. The normalized spacial score (nSPS) is 41.0. The van der Waals surface area contributed by atoms with Crippen molar-refractivity contribution in [1.82, 2.24) is 44.5 Å². The minimum Gasteiger partial charge on any atom is -0.388 e. The van der Waals surface area contributed by atoms with E-state index in [0.717, 1.165) is 4.68 Å². The summed E-state index contributed by atoms with van der Waals surface area (Å²) in [6.45, 7) is -5.46. The Labute approximate surface area is 260 Å². The van der Waals surface area contributed by atoms with E-state index in [1.165, 1.54) is 12.7 Å². The second-order valence-electron chi connectivity index (χ2n) is 11.4. The summed E-state index contributed by atoms with van der Waals surface area (Å²) in [6.07, 6.45) is -5.94. The average molecular weight is 702 g/mol. The van der Waals surface area contributed by atoms with Crippen molar-refractivity contribution in [2.45, 2.75) is 49.2 Å². The van der Waals surface area contributed by atoms with Crippen LogP contribution in [0, 0.1) is 11.3 Å². The SMILES string of the molecule is Nc1nc2c(nnn2[C@@H]2O[C@@H]3CO[P@@](=O)(S)O[C@H]4[C@@H](O)[C@H](n5cnc6c(N)ncnc65)[C@H]5C[C@]54COP(=O)(O)O[C@@H]2[C@@H]3O)c(=O)[nH]1. The second kappa shape index (κ2) is 10.2. The molecule has 2 aliphatic carbocycles. The minimum absolute atomic E-state index is 0.123. The molecule has 22 nitrogen and oxygen atoms in total. The zero-order valence-electron chi connectivity index (χ0n) is 23.1. The Bertz CT molecular complexity index is 2050. The summed E-state index contributed by atoms with van der Waals surface area (Å²) in [5, 5.41) is 30.2. The minimum atomic E-state index is -5.03. The molecule has 4 fully saturated rings. The van der Waals surface area contributed by atoms with Gasteiger partial charge in [-0.3, -0.25) is 27.9 Å². The predicted octanol–water partition coefficient (Wildman–Crippen LogP) is -1.35. The molecule has 246 valence electrons. The number of hydrogen-bond acceptors (Lipinski definition) is 18. The number of aromatic nitrogens is 9. The fraction of sp³-hybridized carbons (Fsp3) is 0.571. The first-order valence-corrected chi connectivity index (χ1v) is 17.8. The third-order valence-electron chi connectivity index (χ3n) is 8.83. The Kier molecular flexibility index (Phi) is 6.72. The number of H-pyrrole nitrogens is 1. The first-order chi connectivity index (χ1) is 21.8. The number of aromatic amines is 1. The molecule has 6 heterocycles. The van der Waals surface area contributed by atoms with Gasteiger partial charge in [-0.2, -0.15) is 9.67 Å². The topological polar surface area (TPSA) is 313 Å². The van der Waals surface area contributed by atoms with Gasteiger partial charge in [-0.05, 0) is 12.3 Å². The van der Waals surface area contributed by atoms with Gasteiger partial charge < -0.3 is 35.9 Å². The lowest BCUT2D eigenvalue weighted by Crippen LogP contribution is -2.37. The molecule has 0 amide bonds. The zero-order chi connectivity index (χ0) is 32.3. The fourth-order valence-corrected chi connectivity index (χ4v) is 9.20. The summed E-state index contributed by atoms with van der Waals surface area (Å²) < 4.78 is 57.6. The number of aliphatic hydroxyl groups excluding tert-OH is 2. The van der Waals surface area contributed by atoms with E-state index in [2.05, 4.69) is 47.5 Å². The number of nitrogen functional groups attached to an aromatic ring is 2. The van der Waals surface area contributed by atoms with E-state index in [9.17, 15) is 29.0 Å². The number of phosphoric ester groups is 1. The lowest BCUT2D eigenvalue weighted by molar-refractivity contribution is -0.0641. The highest BCUT2D eigenvalue weighted by Crippen LogP contribution is 2.73. The Hall–Kier alpha value is -3.08. The monoisotopic (exact) mass is 701 g/mol. The van der Waals surface area contributed by atoms with Crippen LogP contribution in [0.2, 0.25) is 0 Å². The Morgan fingerprint density at radius 1 is 1.09 bits per heavy atom. The maximum Gasteiger partial charge on any atom is 0.472 e. The molecule has 46 heavy (non-hydrogen) atoms. The summed E-state index contributed by atoms with van der Waals surface area (Å²) >= 11 is 4.11. The highest BCUT2D eigenvalue weighted by molar-refractivity contribution is 8.44. The van der Waals surface area contributed by atoms with Crippen molar-refractivity contribution >= 4 is 61.0 Å². The summed E-state index contributed by atoms with van der Waals surface area (Å²) in [7, 11) is -5.03. The quantitative estimate of drug-likeness (QED) is 0.0938. The van der Waals surface area contributed by atoms with Gasteiger partial charge in [-0.1, -0.05) is 17.5 Å². The van der Waals surface area contributed by atoms with E-state index in [1.807, 2.05) is 0 Å². The van der Waals surface area contributed by atoms with Gasteiger partial charge in [0.25, 0.3) is 5.56 Å². The molecule has 4 aliphatic rings. The van der Waals surface area contributed by atoms with Crippen LogP contribution in [0.4, 0.5) is 11.8 Å². The van der Waals surface area contributed by atoms with Gasteiger partial charge in [-0.15, -0.1) is 5.10 Å². The lowest BCUT2D eigenvalue weighted by atomic mass is 10.0. The standard InChI is InChI=1S/C21H25N11O11P2S/c22-15-8-16(25-4-24-15)31(5-26-8)10-6-1-21(6)3-40-44(36,37)42-13-11(33)7(2-39-45(38,46)43-14(21)12(10)34)41-19(13)32-17-9(29-30-32)18(35)28-20(23)27-17/h4-7,10-14,19,33-34H,1-3H2,(H,36,37)(H,38,46)(H2,22,24,25)(H3,23,27,28,35)/t6-,7-,10-,11-,12+,13-,14+,19-,21+,45-/m1/s1. The molecule has 0 radical (unpaired) electrons. The molecular weight excluding hydrogens is 676 g/mol. The van der Waals surface area contributed by atoms with Gasteiger partial charge in [0.1, 0.15) is 42.4 Å². The van der Waals surface area contributed by atoms with Crippen molar-refractivity contribution < 1.29 is 47.1 Å². The summed E-state index contributed by atoms with van der Waals surface area (Å²) in [5.41, 5.74) is 9.93. The molecule has 25 heteroatoms. The van der Waals surface area contributed by atoms with Crippen LogP contribution in [-0.2, 0) is 32.0 Å². The van der Waals surface area contributed by atoms with Crippen LogP contribution in [0.5, 0.6) is 0 Å². The Morgan fingerprint density at radius 3 is 2.70 bits per heavy atom.